The molecule has 3 heteroatoms. The third-order valence-corrected chi connectivity index (χ3v) is 2.47. The first-order chi connectivity index (χ1) is 7.52. The average molecular weight is 218 g/mol. The van der Waals surface area contributed by atoms with E-state index in [2.05, 4.69) is 4.74 Å². The molecule has 0 unspecified atom stereocenters. The van der Waals surface area contributed by atoms with E-state index >= 15 is 0 Å². The number of fused-ring (bicyclic) bond motifs is 1. The smallest absolute Gasteiger partial charge is 0.337 e. The molecule has 1 aliphatic heterocycles. The van der Waals surface area contributed by atoms with E-state index in [1.165, 1.54) is 7.11 Å². The molecule has 0 saturated carbocycles. The highest BCUT2D eigenvalue weighted by Gasteiger charge is 2.22. The van der Waals surface area contributed by atoms with Gasteiger partial charge in [-0.3, -0.25) is 0 Å². The SMILES string of the molecule is COC(=O)c1ccc2c(c1)OC(C)(C)C=C2. The van der Waals surface area contributed by atoms with Crippen molar-refractivity contribution in [1.29, 1.82) is 0 Å². The summed E-state index contributed by atoms with van der Waals surface area (Å²) in [6, 6.07) is 5.30. The largest absolute Gasteiger partial charge is 0.483 e. The van der Waals surface area contributed by atoms with Crippen LogP contribution in [0, 0.1) is 0 Å². The summed E-state index contributed by atoms with van der Waals surface area (Å²) >= 11 is 0. The second-order valence-corrected chi connectivity index (χ2v) is 4.28. The van der Waals surface area contributed by atoms with Crippen LogP contribution in [0.4, 0.5) is 0 Å². The van der Waals surface area contributed by atoms with Gasteiger partial charge in [0.05, 0.1) is 12.7 Å². The molecule has 1 aromatic rings. The summed E-state index contributed by atoms with van der Waals surface area (Å²) < 4.78 is 10.4. The summed E-state index contributed by atoms with van der Waals surface area (Å²) in [5.41, 5.74) is 1.15. The molecule has 0 fully saturated rings. The fourth-order valence-electron chi connectivity index (χ4n) is 1.61. The van der Waals surface area contributed by atoms with Crippen molar-refractivity contribution in [1.82, 2.24) is 0 Å². The monoisotopic (exact) mass is 218 g/mol. The van der Waals surface area contributed by atoms with Crippen LogP contribution in [-0.2, 0) is 4.74 Å². The molecule has 0 spiro atoms. The molecule has 0 bridgehead atoms. The first-order valence-electron chi connectivity index (χ1n) is 5.12. The van der Waals surface area contributed by atoms with Gasteiger partial charge in [-0.05, 0) is 32.1 Å². The molecule has 0 atom stereocenters. The molecule has 0 aliphatic carbocycles. The number of methoxy groups -OCH3 is 1. The fourth-order valence-corrected chi connectivity index (χ4v) is 1.61. The first kappa shape index (κ1) is 10.7. The second-order valence-electron chi connectivity index (χ2n) is 4.28. The van der Waals surface area contributed by atoms with Crippen LogP contribution >= 0.6 is 0 Å². The van der Waals surface area contributed by atoms with E-state index in [0.717, 1.165) is 11.3 Å². The Morgan fingerprint density at radius 3 is 2.81 bits per heavy atom. The summed E-state index contributed by atoms with van der Waals surface area (Å²) in [5, 5.41) is 0. The summed E-state index contributed by atoms with van der Waals surface area (Å²) in [6.45, 7) is 3.94. The van der Waals surface area contributed by atoms with Gasteiger partial charge < -0.3 is 9.47 Å². The van der Waals surface area contributed by atoms with Gasteiger partial charge in [0.25, 0.3) is 0 Å². The number of benzene rings is 1. The maximum absolute atomic E-state index is 11.4. The molecule has 0 N–H and O–H groups in total. The van der Waals surface area contributed by atoms with Crippen LogP contribution in [0.2, 0.25) is 0 Å². The third-order valence-electron chi connectivity index (χ3n) is 2.47. The standard InChI is InChI=1S/C13H14O3/c1-13(2)7-6-9-4-5-10(12(14)15-3)8-11(9)16-13/h4-8H,1-3H3. The van der Waals surface area contributed by atoms with Crippen molar-refractivity contribution in [2.75, 3.05) is 7.11 Å². The van der Waals surface area contributed by atoms with Crippen molar-refractivity contribution < 1.29 is 14.3 Å². The van der Waals surface area contributed by atoms with Crippen LogP contribution in [-0.4, -0.2) is 18.7 Å². The van der Waals surface area contributed by atoms with Crippen LogP contribution in [0.5, 0.6) is 5.75 Å². The van der Waals surface area contributed by atoms with Crippen LogP contribution in [0.15, 0.2) is 24.3 Å². The summed E-state index contributed by atoms with van der Waals surface area (Å²) in [4.78, 5) is 11.4. The van der Waals surface area contributed by atoms with Gasteiger partial charge in [-0.1, -0.05) is 12.1 Å². The van der Waals surface area contributed by atoms with Gasteiger partial charge in [0.2, 0.25) is 0 Å². The summed E-state index contributed by atoms with van der Waals surface area (Å²) in [5.74, 6) is 0.370. The lowest BCUT2D eigenvalue weighted by Crippen LogP contribution is -2.27. The Balaban J connectivity index is 2.40. The predicted molar refractivity (Wildman–Crippen MR) is 61.5 cm³/mol. The van der Waals surface area contributed by atoms with Crippen molar-refractivity contribution in [2.24, 2.45) is 0 Å². The van der Waals surface area contributed by atoms with E-state index in [0.29, 0.717) is 5.56 Å². The van der Waals surface area contributed by atoms with Crippen LogP contribution < -0.4 is 4.74 Å². The van der Waals surface area contributed by atoms with Gasteiger partial charge in [0, 0.05) is 5.56 Å². The number of ether oxygens (including phenoxy) is 2. The number of hydrogen-bond acceptors (Lipinski definition) is 3. The Labute approximate surface area is 94.7 Å². The Bertz CT molecular complexity index is 458. The molecule has 0 radical (unpaired) electrons. The molecule has 3 nitrogen and oxygen atoms in total. The Hall–Kier alpha value is -1.77. The minimum absolute atomic E-state index is 0.332. The molecule has 84 valence electrons. The zero-order chi connectivity index (χ0) is 11.8. The lowest BCUT2D eigenvalue weighted by atomic mass is 10.0. The van der Waals surface area contributed by atoms with Gasteiger partial charge >= 0.3 is 5.97 Å². The number of esters is 1. The number of carbonyl (C=O) groups excluding carboxylic acids is 1. The van der Waals surface area contributed by atoms with Gasteiger partial charge in [-0.15, -0.1) is 0 Å². The van der Waals surface area contributed by atoms with Crippen molar-refractivity contribution in [3.05, 3.63) is 35.4 Å². The van der Waals surface area contributed by atoms with E-state index in [1.807, 2.05) is 32.1 Å². The molecule has 16 heavy (non-hydrogen) atoms. The van der Waals surface area contributed by atoms with E-state index < -0.39 is 0 Å². The highest BCUT2D eigenvalue weighted by atomic mass is 16.5. The second kappa shape index (κ2) is 3.67. The van der Waals surface area contributed by atoms with Gasteiger partial charge in [-0.25, -0.2) is 4.79 Å². The molecular formula is C13H14O3. The molecule has 1 aromatic carbocycles. The first-order valence-corrected chi connectivity index (χ1v) is 5.12. The molecule has 0 saturated heterocycles. The van der Waals surface area contributed by atoms with E-state index in [-0.39, 0.29) is 11.6 Å². The Kier molecular flexibility index (Phi) is 2.46. The van der Waals surface area contributed by atoms with Crippen LogP contribution in [0.3, 0.4) is 0 Å². The fraction of sp³-hybridized carbons (Fsp3) is 0.308. The predicted octanol–water partition coefficient (Wildman–Crippen LogP) is 2.66. The van der Waals surface area contributed by atoms with Gasteiger partial charge in [-0.2, -0.15) is 0 Å². The number of hydrogen-bond donors (Lipinski definition) is 0. The minimum atomic E-state index is -0.348. The van der Waals surface area contributed by atoms with Crippen LogP contribution in [0.25, 0.3) is 6.08 Å². The quantitative estimate of drug-likeness (QED) is 0.680. The molecule has 0 aromatic heterocycles. The highest BCUT2D eigenvalue weighted by Crippen LogP contribution is 2.31. The summed E-state index contributed by atoms with van der Waals surface area (Å²) in [6.07, 6.45) is 3.99. The van der Waals surface area contributed by atoms with E-state index in [9.17, 15) is 4.79 Å². The highest BCUT2D eigenvalue weighted by molar-refractivity contribution is 5.90. The van der Waals surface area contributed by atoms with Crippen LogP contribution in [0.1, 0.15) is 29.8 Å². The number of rotatable bonds is 1. The third kappa shape index (κ3) is 1.94. The maximum atomic E-state index is 11.4. The van der Waals surface area contributed by atoms with E-state index in [4.69, 9.17) is 4.74 Å². The zero-order valence-electron chi connectivity index (χ0n) is 9.61. The molecular weight excluding hydrogens is 204 g/mol. The lowest BCUT2D eigenvalue weighted by molar-refractivity contribution is 0.0599. The normalized spacial score (nSPS) is 16.2. The lowest BCUT2D eigenvalue weighted by Gasteiger charge is -2.27. The minimum Gasteiger partial charge on any atom is -0.483 e. The zero-order valence-corrected chi connectivity index (χ0v) is 9.61. The molecule has 1 aliphatic rings. The van der Waals surface area contributed by atoms with Crippen molar-refractivity contribution in [3.63, 3.8) is 0 Å². The molecule has 2 rings (SSSR count). The average Bonchev–Trinajstić information content (AvgIpc) is 2.25. The Morgan fingerprint density at radius 2 is 2.12 bits per heavy atom. The van der Waals surface area contributed by atoms with E-state index in [1.54, 1.807) is 12.1 Å². The van der Waals surface area contributed by atoms with Gasteiger partial charge in [0.15, 0.2) is 0 Å². The summed E-state index contributed by atoms with van der Waals surface area (Å²) in [7, 11) is 1.37. The van der Waals surface area contributed by atoms with Crippen molar-refractivity contribution >= 4 is 12.0 Å². The van der Waals surface area contributed by atoms with Crippen molar-refractivity contribution in [3.8, 4) is 5.75 Å². The van der Waals surface area contributed by atoms with Gasteiger partial charge in [0.1, 0.15) is 11.4 Å². The maximum Gasteiger partial charge on any atom is 0.337 e. The Morgan fingerprint density at radius 1 is 1.38 bits per heavy atom. The molecule has 1 heterocycles. The number of carbonyl (C=O) groups is 1. The van der Waals surface area contributed by atoms with Crippen molar-refractivity contribution in [2.45, 2.75) is 19.4 Å². The topological polar surface area (TPSA) is 35.5 Å². The molecule has 0 amide bonds.